The summed E-state index contributed by atoms with van der Waals surface area (Å²) >= 11 is 0. The Kier molecular flexibility index (Phi) is 12.1. The normalized spacial score (nSPS) is 23.4. The summed E-state index contributed by atoms with van der Waals surface area (Å²) in [6.45, 7) is 7.37. The summed E-state index contributed by atoms with van der Waals surface area (Å²) in [5.41, 5.74) is 10.1. The minimum atomic E-state index is -0.935. The zero-order valence-electron chi connectivity index (χ0n) is 39.9. The van der Waals surface area contributed by atoms with E-state index in [9.17, 15) is 29.4 Å². The summed E-state index contributed by atoms with van der Waals surface area (Å²) in [5, 5.41) is 44.7. The maximum Gasteiger partial charge on any atom is 0.346 e. The maximum atomic E-state index is 12.9. The lowest BCUT2D eigenvalue weighted by molar-refractivity contribution is -0.120. The molecule has 0 bridgehead atoms. The van der Waals surface area contributed by atoms with E-state index in [1.165, 1.54) is 19.0 Å². The zero-order valence-corrected chi connectivity index (χ0v) is 39.9. The number of rotatable bonds is 12. The predicted molar refractivity (Wildman–Crippen MR) is 259 cm³/mol. The molecule has 4 saturated carbocycles. The molecule has 0 radical (unpaired) electrons. The Labute approximate surface area is 405 Å². The third-order valence-corrected chi connectivity index (χ3v) is 14.1. The van der Waals surface area contributed by atoms with Gasteiger partial charge in [0.05, 0.1) is 69.5 Å². The van der Waals surface area contributed by atoms with Crippen LogP contribution >= 0.6 is 0 Å². The van der Waals surface area contributed by atoms with Crippen LogP contribution in [0.25, 0.3) is 22.1 Å². The van der Waals surface area contributed by atoms with Crippen LogP contribution in [0, 0.1) is 10.8 Å². The highest BCUT2D eigenvalue weighted by Gasteiger charge is 2.55. The maximum absolute atomic E-state index is 12.9. The van der Waals surface area contributed by atoms with Crippen molar-refractivity contribution < 1.29 is 34.0 Å². The van der Waals surface area contributed by atoms with Gasteiger partial charge in [0, 0.05) is 36.3 Å². The van der Waals surface area contributed by atoms with Crippen LogP contribution in [-0.4, -0.2) is 108 Å². The lowest BCUT2D eigenvalue weighted by Gasteiger charge is -2.57. The second kappa shape index (κ2) is 18.1. The quantitative estimate of drug-likeness (QED) is 0.0932. The number of amides is 1. The molecule has 2 spiro atoms. The van der Waals surface area contributed by atoms with Crippen LogP contribution in [0.15, 0.2) is 95.3 Å². The number of carbonyl (C=O) groups is 2. The van der Waals surface area contributed by atoms with E-state index in [1.807, 2.05) is 24.3 Å². The Morgan fingerprint density at radius 2 is 1.23 bits per heavy atom. The number of fused-ring (bicyclic) bond motifs is 4. The summed E-state index contributed by atoms with van der Waals surface area (Å²) in [7, 11) is 0. The van der Waals surface area contributed by atoms with Crippen molar-refractivity contribution in [3.63, 3.8) is 0 Å². The second-order valence-corrected chi connectivity index (χ2v) is 21.2. The highest BCUT2D eigenvalue weighted by atomic mass is 16.5. The van der Waals surface area contributed by atoms with Gasteiger partial charge >= 0.3 is 11.4 Å². The van der Waals surface area contributed by atoms with Crippen molar-refractivity contribution >= 4 is 34.4 Å². The van der Waals surface area contributed by atoms with Crippen LogP contribution in [0.1, 0.15) is 113 Å². The molecule has 4 aliphatic carbocycles. The van der Waals surface area contributed by atoms with Gasteiger partial charge in [0.25, 0.3) is 12.4 Å². The van der Waals surface area contributed by atoms with Gasteiger partial charge in [0.2, 0.25) is 0 Å². The van der Waals surface area contributed by atoms with Gasteiger partial charge in [0.1, 0.15) is 30.2 Å². The topological polar surface area (TPSA) is 275 Å². The number of hydrogen-bond acceptors (Lipinski definition) is 14. The number of pyridine rings is 2. The minimum Gasteiger partial charge on any atom is -0.489 e. The van der Waals surface area contributed by atoms with Crippen molar-refractivity contribution in [3.05, 3.63) is 124 Å². The first-order chi connectivity index (χ1) is 33.9. The SMILES string of the molecule is CC(C)(O)COc1ccc2c(C(=O)NC3CC4(C3)CC(c3n[nH]c(=O)n5cccc35)C4)cnn2c1.CC(C)(O)COc1ccc2c(OC=O)cnn2c1.NC1CC2(C1)CC(c1n[nH]c(=O)n3cccc13)C2. The highest BCUT2D eigenvalue weighted by molar-refractivity contribution is 6.00. The van der Waals surface area contributed by atoms with Crippen LogP contribution in [0.2, 0.25) is 0 Å². The average molecular weight is 971 g/mol. The van der Waals surface area contributed by atoms with Gasteiger partial charge in [-0.25, -0.2) is 28.8 Å². The predicted octanol–water partition coefficient (Wildman–Crippen LogP) is 4.30. The Bertz CT molecular complexity index is 3360. The highest BCUT2D eigenvalue weighted by Crippen LogP contribution is 2.62. The fourth-order valence-electron chi connectivity index (χ4n) is 10.9. The molecule has 7 N–H and O–H groups in total. The Hall–Kier alpha value is -7.36. The molecule has 8 heterocycles. The number of aliphatic hydroxyl groups is 2. The number of aromatic amines is 2. The number of ether oxygens (including phenoxy) is 3. The molecular formula is C50H58N12O9. The smallest absolute Gasteiger partial charge is 0.346 e. The molecule has 12 rings (SSSR count). The minimum absolute atomic E-state index is 0.127. The largest absolute Gasteiger partial charge is 0.489 e. The van der Waals surface area contributed by atoms with Crippen molar-refractivity contribution in [1.29, 1.82) is 0 Å². The molecule has 372 valence electrons. The third kappa shape index (κ3) is 9.76. The van der Waals surface area contributed by atoms with Crippen molar-refractivity contribution in [2.75, 3.05) is 13.2 Å². The van der Waals surface area contributed by atoms with Gasteiger partial charge in [-0.3, -0.25) is 18.4 Å². The monoisotopic (exact) mass is 970 g/mol. The van der Waals surface area contributed by atoms with Crippen molar-refractivity contribution in [1.82, 2.24) is 53.7 Å². The first kappa shape index (κ1) is 47.3. The van der Waals surface area contributed by atoms with Crippen LogP contribution in [0.3, 0.4) is 0 Å². The van der Waals surface area contributed by atoms with E-state index in [4.69, 9.17) is 19.9 Å². The molecular weight excluding hydrogens is 913 g/mol. The second-order valence-electron chi connectivity index (χ2n) is 21.2. The standard InChI is InChI=1S/C25H28N6O4.C13H16N4O.C12H14N2O4/c1-24(2,34)14-35-17-5-6-19-18(12-26-31(19)13-17)22(32)27-16-10-25(11-16)8-15(9-25)21-20-4-3-7-30(20)23(33)29-28-21;14-9-6-13(7-9)4-8(5-13)11-10-2-1-3-17(10)12(18)16-15-11;1-12(2,16)7-17-9-3-4-10-11(18-8-15)5-13-14(10)6-9/h3-7,12-13,15-16,34H,8-11,14H2,1-2H3,(H,27,32)(H,29,33);1-3,8-9H,4-7,14H2,(H,16,18);3-6,8,16H,7H2,1-2H3. The van der Waals surface area contributed by atoms with E-state index >= 15 is 0 Å². The van der Waals surface area contributed by atoms with Gasteiger partial charge in [-0.05, 0) is 138 Å². The van der Waals surface area contributed by atoms with Gasteiger partial charge in [-0.1, -0.05) is 0 Å². The first-order valence-corrected chi connectivity index (χ1v) is 23.8. The van der Waals surface area contributed by atoms with E-state index < -0.39 is 11.2 Å². The van der Waals surface area contributed by atoms with Crippen molar-refractivity contribution in [3.8, 4) is 17.2 Å². The summed E-state index contributed by atoms with van der Waals surface area (Å²) in [5.74, 6) is 2.21. The Morgan fingerprint density at radius 1 is 0.732 bits per heavy atom. The summed E-state index contributed by atoms with van der Waals surface area (Å²) in [6.07, 6.45) is 18.5. The molecule has 1 amide bonds. The number of nitrogens with one attached hydrogen (secondary N) is 3. The number of nitrogens with two attached hydrogens (primary N) is 1. The molecule has 0 unspecified atom stereocenters. The van der Waals surface area contributed by atoms with E-state index in [-0.39, 0.29) is 42.0 Å². The van der Waals surface area contributed by atoms with Gasteiger partial charge in [-0.2, -0.15) is 20.4 Å². The third-order valence-electron chi connectivity index (χ3n) is 14.1. The molecule has 21 nitrogen and oxygen atoms in total. The summed E-state index contributed by atoms with van der Waals surface area (Å²) in [6, 6.07) is 15.2. The number of hydrogen-bond donors (Lipinski definition) is 6. The average Bonchev–Trinajstić information content (AvgIpc) is 4.12. The number of nitrogens with zero attached hydrogens (tertiary/aromatic N) is 8. The molecule has 0 saturated heterocycles. The fraction of sp³-hybridized carbons (Fsp3) is 0.440. The van der Waals surface area contributed by atoms with Crippen LogP contribution < -0.4 is 36.6 Å². The van der Waals surface area contributed by atoms with Gasteiger partial charge in [0.15, 0.2) is 5.75 Å². The van der Waals surface area contributed by atoms with E-state index in [0.29, 0.717) is 63.6 Å². The lowest BCUT2D eigenvalue weighted by atomic mass is 9.49. The van der Waals surface area contributed by atoms with E-state index in [2.05, 4.69) is 35.9 Å². The van der Waals surface area contributed by atoms with Gasteiger partial charge < -0.3 is 35.5 Å². The van der Waals surface area contributed by atoms with Crippen LogP contribution in [0.4, 0.5) is 0 Å². The molecule has 0 aromatic carbocycles. The van der Waals surface area contributed by atoms with Gasteiger partial charge in [-0.15, -0.1) is 0 Å². The Morgan fingerprint density at radius 3 is 1.73 bits per heavy atom. The molecule has 71 heavy (non-hydrogen) atoms. The lowest BCUT2D eigenvalue weighted by Crippen LogP contribution is -2.55. The Balaban J connectivity index is 0.000000136. The summed E-state index contributed by atoms with van der Waals surface area (Å²) < 4.78 is 22.2. The first-order valence-electron chi connectivity index (χ1n) is 23.8. The van der Waals surface area contributed by atoms with E-state index in [1.54, 1.807) is 101 Å². The summed E-state index contributed by atoms with van der Waals surface area (Å²) in [4.78, 5) is 46.7. The molecule has 0 aliphatic heterocycles. The van der Waals surface area contributed by atoms with Crippen molar-refractivity contribution in [2.45, 2.75) is 114 Å². The molecule has 4 aliphatic rings. The van der Waals surface area contributed by atoms with Crippen LogP contribution in [0.5, 0.6) is 17.2 Å². The number of carbonyl (C=O) groups excluding carboxylic acids is 2. The molecule has 0 atom stereocenters. The fourth-order valence-corrected chi connectivity index (χ4v) is 10.9. The molecule has 8 aromatic rings. The van der Waals surface area contributed by atoms with Crippen LogP contribution in [-0.2, 0) is 4.79 Å². The zero-order chi connectivity index (χ0) is 49.9. The number of H-pyrrole nitrogens is 2. The van der Waals surface area contributed by atoms with Crippen molar-refractivity contribution in [2.24, 2.45) is 16.6 Å². The molecule has 4 fully saturated rings. The molecule has 8 aromatic heterocycles. The van der Waals surface area contributed by atoms with E-state index in [0.717, 1.165) is 60.9 Å². The number of aromatic nitrogens is 10. The molecule has 21 heteroatoms.